The standard InChI is InChI=1S/C13H12BrN3O3S/c1-7-6-21-11(16-7)5-15-13(20)17-10-4-8(14)2-3-9(10)12(18)19/h2-4,6H,5H2,1H3,(H,18,19)(H2,15,17,20). The molecule has 0 unspecified atom stereocenters. The number of hydrogen-bond donors (Lipinski definition) is 3. The molecule has 0 aliphatic rings. The summed E-state index contributed by atoms with van der Waals surface area (Å²) in [5.41, 5.74) is 1.15. The molecule has 1 aromatic heterocycles. The maximum Gasteiger partial charge on any atom is 0.337 e. The van der Waals surface area contributed by atoms with E-state index < -0.39 is 12.0 Å². The number of carboxylic acid groups (broad SMARTS) is 1. The highest BCUT2D eigenvalue weighted by Crippen LogP contribution is 2.21. The summed E-state index contributed by atoms with van der Waals surface area (Å²) < 4.78 is 0.679. The van der Waals surface area contributed by atoms with Crippen LogP contribution in [-0.4, -0.2) is 22.1 Å². The van der Waals surface area contributed by atoms with Gasteiger partial charge in [0.2, 0.25) is 0 Å². The number of aromatic carboxylic acids is 1. The first kappa shape index (κ1) is 15.5. The third-order valence-electron chi connectivity index (χ3n) is 2.53. The van der Waals surface area contributed by atoms with Crippen molar-refractivity contribution in [2.45, 2.75) is 13.5 Å². The van der Waals surface area contributed by atoms with Crippen LogP contribution < -0.4 is 10.6 Å². The number of aromatic nitrogens is 1. The molecule has 0 spiro atoms. The van der Waals surface area contributed by atoms with Crippen LogP contribution >= 0.6 is 27.3 Å². The van der Waals surface area contributed by atoms with E-state index in [0.29, 0.717) is 11.0 Å². The van der Waals surface area contributed by atoms with Gasteiger partial charge in [-0.05, 0) is 25.1 Å². The smallest absolute Gasteiger partial charge is 0.337 e. The van der Waals surface area contributed by atoms with Gasteiger partial charge in [0.25, 0.3) is 0 Å². The van der Waals surface area contributed by atoms with Crippen LogP contribution in [0.3, 0.4) is 0 Å². The lowest BCUT2D eigenvalue weighted by Crippen LogP contribution is -2.28. The lowest BCUT2D eigenvalue weighted by molar-refractivity contribution is 0.0698. The van der Waals surface area contributed by atoms with E-state index in [1.807, 2.05) is 12.3 Å². The van der Waals surface area contributed by atoms with Gasteiger partial charge in [0.05, 0.1) is 17.8 Å². The number of carbonyl (C=O) groups is 2. The summed E-state index contributed by atoms with van der Waals surface area (Å²) in [5, 5.41) is 16.9. The van der Waals surface area contributed by atoms with Crippen LogP contribution in [0.1, 0.15) is 21.1 Å². The van der Waals surface area contributed by atoms with Crippen LogP contribution in [0.5, 0.6) is 0 Å². The second-order valence-corrected chi connectivity index (χ2v) is 6.04. The highest BCUT2D eigenvalue weighted by molar-refractivity contribution is 9.10. The van der Waals surface area contributed by atoms with E-state index in [2.05, 4.69) is 31.5 Å². The Bertz CT molecular complexity index is 687. The molecule has 6 nitrogen and oxygen atoms in total. The van der Waals surface area contributed by atoms with E-state index in [-0.39, 0.29) is 11.3 Å². The molecule has 8 heteroatoms. The van der Waals surface area contributed by atoms with Crippen molar-refractivity contribution in [2.75, 3.05) is 5.32 Å². The second kappa shape index (κ2) is 6.68. The minimum Gasteiger partial charge on any atom is -0.478 e. The number of amides is 2. The zero-order chi connectivity index (χ0) is 15.4. The van der Waals surface area contributed by atoms with Gasteiger partial charge in [-0.25, -0.2) is 14.6 Å². The van der Waals surface area contributed by atoms with Crippen molar-refractivity contribution in [3.05, 3.63) is 44.3 Å². The summed E-state index contributed by atoms with van der Waals surface area (Å²) in [6, 6.07) is 4.08. The minimum atomic E-state index is -1.10. The number of hydrogen-bond acceptors (Lipinski definition) is 4. The molecule has 1 heterocycles. The first-order valence-electron chi connectivity index (χ1n) is 5.94. The van der Waals surface area contributed by atoms with Crippen LogP contribution in [-0.2, 0) is 6.54 Å². The lowest BCUT2D eigenvalue weighted by Gasteiger charge is -2.09. The van der Waals surface area contributed by atoms with Crippen molar-refractivity contribution in [2.24, 2.45) is 0 Å². The molecule has 0 saturated carbocycles. The van der Waals surface area contributed by atoms with Gasteiger partial charge in [0, 0.05) is 15.5 Å². The Morgan fingerprint density at radius 1 is 1.43 bits per heavy atom. The molecule has 3 N–H and O–H groups in total. The SMILES string of the molecule is Cc1csc(CNC(=O)Nc2cc(Br)ccc2C(=O)O)n1. The van der Waals surface area contributed by atoms with E-state index in [1.165, 1.54) is 23.5 Å². The Morgan fingerprint density at radius 2 is 2.19 bits per heavy atom. The van der Waals surface area contributed by atoms with Crippen molar-refractivity contribution in [3.8, 4) is 0 Å². The van der Waals surface area contributed by atoms with Crippen molar-refractivity contribution < 1.29 is 14.7 Å². The molecule has 1 aromatic carbocycles. The maximum atomic E-state index is 11.8. The number of anilines is 1. The molecule has 0 atom stereocenters. The maximum absolute atomic E-state index is 11.8. The molecule has 0 fully saturated rings. The fourth-order valence-corrected chi connectivity index (χ4v) is 2.69. The van der Waals surface area contributed by atoms with Crippen molar-refractivity contribution in [1.29, 1.82) is 0 Å². The van der Waals surface area contributed by atoms with Crippen LogP contribution in [0.4, 0.5) is 10.5 Å². The molecule has 0 radical (unpaired) electrons. The number of carboxylic acids is 1. The van der Waals surface area contributed by atoms with Crippen molar-refractivity contribution in [1.82, 2.24) is 10.3 Å². The average Bonchev–Trinajstić information content (AvgIpc) is 2.82. The third kappa shape index (κ3) is 4.27. The number of nitrogens with one attached hydrogen (secondary N) is 2. The monoisotopic (exact) mass is 369 g/mol. The van der Waals surface area contributed by atoms with Crippen LogP contribution in [0.2, 0.25) is 0 Å². The number of urea groups is 1. The van der Waals surface area contributed by atoms with Gasteiger partial charge in [0.1, 0.15) is 5.01 Å². The Balaban J connectivity index is 2.02. The summed E-state index contributed by atoms with van der Waals surface area (Å²) in [7, 11) is 0. The third-order valence-corrected chi connectivity index (χ3v) is 3.99. The molecule has 0 saturated heterocycles. The van der Waals surface area contributed by atoms with E-state index >= 15 is 0 Å². The highest BCUT2D eigenvalue weighted by Gasteiger charge is 2.13. The van der Waals surface area contributed by atoms with Crippen molar-refractivity contribution in [3.63, 3.8) is 0 Å². The first-order valence-corrected chi connectivity index (χ1v) is 7.61. The number of carbonyl (C=O) groups excluding carboxylic acids is 1. The summed E-state index contributed by atoms with van der Waals surface area (Å²) in [6.45, 7) is 2.17. The predicted molar refractivity (Wildman–Crippen MR) is 83.8 cm³/mol. The van der Waals surface area contributed by atoms with Crippen LogP contribution in [0, 0.1) is 6.92 Å². The molecular weight excluding hydrogens is 358 g/mol. The number of nitrogens with zero attached hydrogens (tertiary/aromatic N) is 1. The fraction of sp³-hybridized carbons (Fsp3) is 0.154. The second-order valence-electron chi connectivity index (χ2n) is 4.19. The molecule has 0 aliphatic heterocycles. The predicted octanol–water partition coefficient (Wildman–Crippen LogP) is 3.23. The summed E-state index contributed by atoms with van der Waals surface area (Å²) in [5.74, 6) is -1.10. The van der Waals surface area contributed by atoms with Gasteiger partial charge in [-0.2, -0.15) is 0 Å². The van der Waals surface area contributed by atoms with E-state index in [4.69, 9.17) is 5.11 Å². The average molecular weight is 370 g/mol. The topological polar surface area (TPSA) is 91.3 Å². The van der Waals surface area contributed by atoms with Gasteiger partial charge in [0.15, 0.2) is 0 Å². The Morgan fingerprint density at radius 3 is 2.81 bits per heavy atom. The molecule has 0 aliphatic carbocycles. The summed E-state index contributed by atoms with van der Waals surface area (Å²) in [6.07, 6.45) is 0. The summed E-state index contributed by atoms with van der Waals surface area (Å²) in [4.78, 5) is 27.2. The lowest BCUT2D eigenvalue weighted by atomic mass is 10.2. The van der Waals surface area contributed by atoms with Gasteiger partial charge in [-0.15, -0.1) is 11.3 Å². The Kier molecular flexibility index (Phi) is 4.92. The Hall–Kier alpha value is -1.93. The van der Waals surface area contributed by atoms with Gasteiger partial charge < -0.3 is 15.7 Å². The van der Waals surface area contributed by atoms with Gasteiger partial charge in [-0.1, -0.05) is 15.9 Å². The molecule has 21 heavy (non-hydrogen) atoms. The van der Waals surface area contributed by atoms with Gasteiger partial charge >= 0.3 is 12.0 Å². The molecule has 2 rings (SSSR count). The van der Waals surface area contributed by atoms with Crippen molar-refractivity contribution >= 4 is 45.0 Å². The molecule has 0 bridgehead atoms. The summed E-state index contributed by atoms with van der Waals surface area (Å²) >= 11 is 4.69. The molecule has 110 valence electrons. The quantitative estimate of drug-likeness (QED) is 0.771. The van der Waals surface area contributed by atoms with Crippen LogP contribution in [0.15, 0.2) is 28.1 Å². The Labute approximate surface area is 133 Å². The highest BCUT2D eigenvalue weighted by atomic mass is 79.9. The molecule has 2 amide bonds. The largest absolute Gasteiger partial charge is 0.478 e. The molecular formula is C13H12BrN3O3S. The number of rotatable bonds is 4. The van der Waals surface area contributed by atoms with E-state index in [9.17, 15) is 9.59 Å². The number of benzene rings is 1. The normalized spacial score (nSPS) is 10.2. The van der Waals surface area contributed by atoms with Crippen LogP contribution in [0.25, 0.3) is 0 Å². The van der Waals surface area contributed by atoms with E-state index in [1.54, 1.807) is 6.07 Å². The van der Waals surface area contributed by atoms with E-state index in [0.717, 1.165) is 10.7 Å². The fourth-order valence-electron chi connectivity index (χ4n) is 1.61. The minimum absolute atomic E-state index is 0.0263. The number of aryl methyl sites for hydroxylation is 1. The molecule has 2 aromatic rings. The number of halogens is 1. The zero-order valence-electron chi connectivity index (χ0n) is 11.0. The van der Waals surface area contributed by atoms with Gasteiger partial charge in [-0.3, -0.25) is 0 Å². The first-order chi connectivity index (χ1) is 9.95. The number of thiazole rings is 1. The zero-order valence-corrected chi connectivity index (χ0v) is 13.4.